The van der Waals surface area contributed by atoms with Gasteiger partial charge in [-0.15, -0.1) is 0 Å². The lowest BCUT2D eigenvalue weighted by molar-refractivity contribution is 0.314. The van der Waals surface area contributed by atoms with Crippen LogP contribution in [0.4, 0.5) is 0 Å². The molecular weight excluding hydrogens is 258 g/mol. The SMILES string of the molecule is CCSC(C)CC1C/C(=N\O)c2c(CC)n[nH]c2C1. The van der Waals surface area contributed by atoms with Gasteiger partial charge in [-0.05, 0) is 37.4 Å². The Balaban J connectivity index is 2.14. The molecule has 2 atom stereocenters. The number of rotatable bonds is 5. The average molecular weight is 281 g/mol. The van der Waals surface area contributed by atoms with Gasteiger partial charge in [0, 0.05) is 16.5 Å². The summed E-state index contributed by atoms with van der Waals surface area (Å²) in [5.74, 6) is 1.71. The second-order valence-corrected chi connectivity index (χ2v) is 6.92. The lowest BCUT2D eigenvalue weighted by Gasteiger charge is -2.25. The summed E-state index contributed by atoms with van der Waals surface area (Å²) in [7, 11) is 0. The van der Waals surface area contributed by atoms with Crippen molar-refractivity contribution in [1.82, 2.24) is 10.2 Å². The maximum Gasteiger partial charge on any atom is 0.0907 e. The molecule has 1 aliphatic carbocycles. The number of oxime groups is 1. The standard InChI is InChI=1S/C14H23N3OS/c1-4-11-14-12(16-15-11)7-10(8-13(14)17-18)6-9(3)19-5-2/h9-10,18H,4-8H2,1-3H3,(H,15,16)/b17-13+. The normalized spacial score (nSPS) is 22.5. The summed E-state index contributed by atoms with van der Waals surface area (Å²) in [6.07, 6.45) is 3.93. The Morgan fingerprint density at radius 1 is 1.47 bits per heavy atom. The molecule has 1 aromatic heterocycles. The van der Waals surface area contributed by atoms with Crippen molar-refractivity contribution in [3.05, 3.63) is 17.0 Å². The lowest BCUT2D eigenvalue weighted by atomic mass is 9.82. The Hall–Kier alpha value is -0.970. The monoisotopic (exact) mass is 281 g/mol. The summed E-state index contributed by atoms with van der Waals surface area (Å²) in [6, 6.07) is 0. The van der Waals surface area contributed by atoms with Crippen molar-refractivity contribution in [2.24, 2.45) is 11.1 Å². The molecule has 5 heteroatoms. The van der Waals surface area contributed by atoms with Crippen molar-refractivity contribution in [2.45, 2.75) is 51.7 Å². The Bertz CT molecular complexity index is 456. The molecule has 4 nitrogen and oxygen atoms in total. The number of aromatic nitrogens is 2. The second kappa shape index (κ2) is 6.46. The van der Waals surface area contributed by atoms with Gasteiger partial charge in [-0.25, -0.2) is 0 Å². The van der Waals surface area contributed by atoms with Crippen molar-refractivity contribution in [1.29, 1.82) is 0 Å². The molecule has 0 aliphatic heterocycles. The van der Waals surface area contributed by atoms with Crippen molar-refractivity contribution in [3.63, 3.8) is 0 Å². The molecule has 1 heterocycles. The van der Waals surface area contributed by atoms with Crippen molar-refractivity contribution >= 4 is 17.5 Å². The number of aryl methyl sites for hydroxylation is 1. The molecule has 1 aliphatic rings. The van der Waals surface area contributed by atoms with Gasteiger partial charge < -0.3 is 5.21 Å². The summed E-state index contributed by atoms with van der Waals surface area (Å²) in [6.45, 7) is 6.56. The zero-order chi connectivity index (χ0) is 13.8. The highest BCUT2D eigenvalue weighted by Gasteiger charge is 2.29. The van der Waals surface area contributed by atoms with Gasteiger partial charge in [-0.2, -0.15) is 16.9 Å². The Labute approximate surface area is 119 Å². The number of nitrogens with one attached hydrogen (secondary N) is 1. The lowest BCUT2D eigenvalue weighted by Crippen LogP contribution is -2.23. The van der Waals surface area contributed by atoms with E-state index in [1.807, 2.05) is 11.8 Å². The van der Waals surface area contributed by atoms with E-state index in [1.165, 1.54) is 0 Å². The molecule has 0 radical (unpaired) electrons. The maximum absolute atomic E-state index is 9.27. The first-order valence-corrected chi connectivity index (χ1v) is 8.13. The second-order valence-electron chi connectivity index (χ2n) is 5.20. The minimum absolute atomic E-state index is 0.553. The van der Waals surface area contributed by atoms with Gasteiger partial charge in [0.2, 0.25) is 0 Å². The van der Waals surface area contributed by atoms with Gasteiger partial charge in [-0.1, -0.05) is 25.9 Å². The van der Waals surface area contributed by atoms with Gasteiger partial charge in [0.15, 0.2) is 0 Å². The minimum Gasteiger partial charge on any atom is -0.411 e. The molecule has 2 unspecified atom stereocenters. The van der Waals surface area contributed by atoms with Crippen molar-refractivity contribution < 1.29 is 5.21 Å². The van der Waals surface area contributed by atoms with E-state index in [2.05, 4.69) is 36.1 Å². The number of fused-ring (bicyclic) bond motifs is 1. The third kappa shape index (κ3) is 3.14. The van der Waals surface area contributed by atoms with E-state index in [4.69, 9.17) is 0 Å². The van der Waals surface area contributed by atoms with E-state index < -0.39 is 0 Å². The van der Waals surface area contributed by atoms with E-state index in [0.717, 1.165) is 54.1 Å². The van der Waals surface area contributed by atoms with E-state index in [9.17, 15) is 5.21 Å². The van der Waals surface area contributed by atoms with Crippen molar-refractivity contribution in [2.75, 3.05) is 5.75 Å². The molecule has 106 valence electrons. The molecule has 0 bridgehead atoms. The van der Waals surface area contributed by atoms with Crippen LogP contribution < -0.4 is 0 Å². The number of H-pyrrole nitrogens is 1. The molecule has 0 saturated heterocycles. The molecule has 19 heavy (non-hydrogen) atoms. The first-order chi connectivity index (χ1) is 9.19. The van der Waals surface area contributed by atoms with Crippen LogP contribution in [0.5, 0.6) is 0 Å². The van der Waals surface area contributed by atoms with Crippen LogP contribution in [-0.2, 0) is 12.8 Å². The summed E-state index contributed by atoms with van der Waals surface area (Å²) >= 11 is 2.00. The van der Waals surface area contributed by atoms with Gasteiger partial charge in [0.1, 0.15) is 0 Å². The third-order valence-corrected chi connectivity index (χ3v) is 4.85. The molecule has 0 amide bonds. The third-order valence-electron chi connectivity index (χ3n) is 3.75. The first kappa shape index (κ1) is 14.4. The van der Waals surface area contributed by atoms with Crippen LogP contribution in [-0.4, -0.2) is 32.1 Å². The fourth-order valence-electron chi connectivity index (χ4n) is 2.98. The van der Waals surface area contributed by atoms with Crippen LogP contribution in [0.2, 0.25) is 0 Å². The number of hydrogen-bond acceptors (Lipinski definition) is 4. The van der Waals surface area contributed by atoms with Gasteiger partial charge >= 0.3 is 0 Å². The molecule has 2 N–H and O–H groups in total. The number of aromatic amines is 1. The highest BCUT2D eigenvalue weighted by atomic mass is 32.2. The summed E-state index contributed by atoms with van der Waals surface area (Å²) in [5, 5.41) is 20.9. The molecule has 0 aromatic carbocycles. The maximum atomic E-state index is 9.27. The van der Waals surface area contributed by atoms with E-state index in [1.54, 1.807) is 0 Å². The zero-order valence-electron chi connectivity index (χ0n) is 11.9. The first-order valence-electron chi connectivity index (χ1n) is 7.08. The Morgan fingerprint density at radius 3 is 2.89 bits per heavy atom. The zero-order valence-corrected chi connectivity index (χ0v) is 12.8. The molecular formula is C14H23N3OS. The van der Waals surface area contributed by atoms with Crippen LogP contribution in [0, 0.1) is 5.92 Å². The largest absolute Gasteiger partial charge is 0.411 e. The number of thioether (sulfide) groups is 1. The van der Waals surface area contributed by atoms with Crippen LogP contribution in [0.15, 0.2) is 5.16 Å². The number of hydrogen-bond donors (Lipinski definition) is 2. The number of nitrogens with zero attached hydrogens (tertiary/aromatic N) is 2. The smallest absolute Gasteiger partial charge is 0.0907 e. The summed E-state index contributed by atoms with van der Waals surface area (Å²) in [5.41, 5.74) is 4.05. The Kier molecular flexibility index (Phi) is 4.91. The minimum atomic E-state index is 0.553. The molecule has 1 aromatic rings. The van der Waals surface area contributed by atoms with Gasteiger partial charge in [-0.3, -0.25) is 5.10 Å². The summed E-state index contributed by atoms with van der Waals surface area (Å²) < 4.78 is 0. The van der Waals surface area contributed by atoms with E-state index in [-0.39, 0.29) is 0 Å². The van der Waals surface area contributed by atoms with E-state index in [0.29, 0.717) is 11.2 Å². The fourth-order valence-corrected chi connectivity index (χ4v) is 3.96. The molecule has 0 spiro atoms. The van der Waals surface area contributed by atoms with E-state index >= 15 is 0 Å². The average Bonchev–Trinajstić information content (AvgIpc) is 2.81. The van der Waals surface area contributed by atoms with Gasteiger partial charge in [0.25, 0.3) is 0 Å². The van der Waals surface area contributed by atoms with Crippen LogP contribution >= 0.6 is 11.8 Å². The van der Waals surface area contributed by atoms with Crippen LogP contribution in [0.1, 0.15) is 50.6 Å². The topological polar surface area (TPSA) is 61.3 Å². The fraction of sp³-hybridized carbons (Fsp3) is 0.714. The Morgan fingerprint density at radius 2 is 2.26 bits per heavy atom. The molecule has 0 saturated carbocycles. The highest BCUT2D eigenvalue weighted by molar-refractivity contribution is 7.99. The quantitative estimate of drug-likeness (QED) is 0.643. The molecule has 0 fully saturated rings. The molecule has 2 rings (SSSR count). The summed E-state index contributed by atoms with van der Waals surface area (Å²) in [4.78, 5) is 0. The van der Waals surface area contributed by atoms with Gasteiger partial charge in [0.05, 0.1) is 11.4 Å². The van der Waals surface area contributed by atoms with Crippen molar-refractivity contribution in [3.8, 4) is 0 Å². The van der Waals surface area contributed by atoms with Crippen LogP contribution in [0.25, 0.3) is 0 Å². The predicted octanol–water partition coefficient (Wildman–Crippen LogP) is 3.24. The highest BCUT2D eigenvalue weighted by Crippen LogP contribution is 2.32. The van der Waals surface area contributed by atoms with Crippen LogP contribution in [0.3, 0.4) is 0 Å². The predicted molar refractivity (Wildman–Crippen MR) is 80.3 cm³/mol.